The van der Waals surface area contributed by atoms with Gasteiger partial charge >= 0.3 is 39.5 Å². The molecule has 0 radical (unpaired) electrons. The first-order valence-electron chi connectivity index (χ1n) is 40.7. The average molecular weight is 1450 g/mol. The molecule has 0 aromatic rings. The van der Waals surface area contributed by atoms with Crippen molar-refractivity contribution in [2.45, 2.75) is 407 Å². The minimum Gasteiger partial charge on any atom is -0.462 e. The quantitative estimate of drug-likeness (QED) is 0.0169. The van der Waals surface area contributed by atoms with Crippen LogP contribution in [-0.2, 0) is 65.4 Å². The molecule has 0 aliphatic rings. The van der Waals surface area contributed by atoms with Crippen molar-refractivity contribution in [3.8, 4) is 0 Å². The summed E-state index contributed by atoms with van der Waals surface area (Å²) >= 11 is 0. The summed E-state index contributed by atoms with van der Waals surface area (Å²) in [7, 11) is -9.93. The van der Waals surface area contributed by atoms with Crippen molar-refractivity contribution in [2.24, 2.45) is 17.8 Å². The Morgan fingerprint density at radius 1 is 0.333 bits per heavy atom. The lowest BCUT2D eigenvalue weighted by atomic mass is 9.99. The van der Waals surface area contributed by atoms with Crippen molar-refractivity contribution >= 4 is 39.5 Å². The summed E-state index contributed by atoms with van der Waals surface area (Å²) in [6.07, 6.45) is 60.3. The van der Waals surface area contributed by atoms with E-state index in [1.807, 2.05) is 0 Å². The van der Waals surface area contributed by atoms with E-state index in [-0.39, 0.29) is 25.7 Å². The fourth-order valence-corrected chi connectivity index (χ4v) is 13.3. The number of unbranched alkanes of at least 4 members (excludes halogenated alkanes) is 40. The van der Waals surface area contributed by atoms with Crippen molar-refractivity contribution < 1.29 is 80.2 Å². The number of ether oxygens (including phenoxy) is 4. The van der Waals surface area contributed by atoms with Crippen molar-refractivity contribution in [1.29, 1.82) is 0 Å². The van der Waals surface area contributed by atoms with Crippen LogP contribution in [0.3, 0.4) is 0 Å². The highest BCUT2D eigenvalue weighted by Crippen LogP contribution is 2.45. The number of carbonyl (C=O) groups is 4. The molecule has 0 saturated heterocycles. The van der Waals surface area contributed by atoms with E-state index < -0.39 is 97.5 Å². The van der Waals surface area contributed by atoms with E-state index >= 15 is 0 Å². The van der Waals surface area contributed by atoms with Crippen LogP contribution in [0.1, 0.15) is 389 Å². The standard InChI is InChI=1S/C80H152O17P2/c1-8-10-11-12-13-14-15-16-17-21-27-32-40-47-54-61-77(82)90-67-75(96-79(84)63-56-49-42-33-28-22-19-18-20-25-30-37-44-51-58-71(3)4)69-94-98(86,87)92-65-74(81)66-93-99(88,89)95-70-76(68-91-78(83)62-55-48-41-36-35-39-46-53-60-73(7)9-2)97-80(85)64-57-50-43-34-29-24-23-26-31-38-45-52-59-72(5)6/h14-17,71-76,81H,8-13,18-70H2,1-7H3,(H,86,87)(H,88,89)/b15-14-,17-16-/t73?,74-,75-,76-/m1/s1. The molecule has 0 heterocycles. The molecule has 0 bridgehead atoms. The molecule has 0 amide bonds. The largest absolute Gasteiger partial charge is 0.472 e. The van der Waals surface area contributed by atoms with E-state index in [0.29, 0.717) is 25.7 Å². The van der Waals surface area contributed by atoms with Crippen LogP contribution in [0.4, 0.5) is 0 Å². The van der Waals surface area contributed by atoms with E-state index in [0.717, 1.165) is 127 Å². The number of phosphoric ester groups is 2. The zero-order valence-electron chi connectivity index (χ0n) is 64.4. The molecule has 0 fully saturated rings. The predicted molar refractivity (Wildman–Crippen MR) is 404 cm³/mol. The summed E-state index contributed by atoms with van der Waals surface area (Å²) in [6.45, 7) is 11.9. The lowest BCUT2D eigenvalue weighted by Gasteiger charge is -2.21. The molecule has 584 valence electrons. The van der Waals surface area contributed by atoms with E-state index in [1.165, 1.54) is 180 Å². The summed E-state index contributed by atoms with van der Waals surface area (Å²) in [6, 6.07) is 0. The third kappa shape index (κ3) is 72.3. The molecule has 6 atom stereocenters. The van der Waals surface area contributed by atoms with Crippen LogP contribution < -0.4 is 0 Å². The molecule has 3 unspecified atom stereocenters. The van der Waals surface area contributed by atoms with Gasteiger partial charge in [-0.3, -0.25) is 37.3 Å². The van der Waals surface area contributed by atoms with Crippen LogP contribution in [0, 0.1) is 17.8 Å². The first-order valence-corrected chi connectivity index (χ1v) is 43.7. The third-order valence-electron chi connectivity index (χ3n) is 18.4. The van der Waals surface area contributed by atoms with Crippen molar-refractivity contribution in [3.63, 3.8) is 0 Å². The summed E-state index contributed by atoms with van der Waals surface area (Å²) in [5, 5.41) is 10.6. The number of aliphatic hydroxyl groups excluding tert-OH is 1. The van der Waals surface area contributed by atoms with Crippen molar-refractivity contribution in [2.75, 3.05) is 39.6 Å². The maximum absolute atomic E-state index is 13.1. The Labute approximate surface area is 605 Å². The van der Waals surface area contributed by atoms with Gasteiger partial charge in [-0.15, -0.1) is 0 Å². The Morgan fingerprint density at radius 2 is 0.596 bits per heavy atom. The van der Waals surface area contributed by atoms with Gasteiger partial charge < -0.3 is 33.8 Å². The van der Waals surface area contributed by atoms with Gasteiger partial charge in [-0.2, -0.15) is 0 Å². The number of hydrogen-bond acceptors (Lipinski definition) is 15. The van der Waals surface area contributed by atoms with Crippen LogP contribution in [0.5, 0.6) is 0 Å². The Kier molecular flexibility index (Phi) is 68.1. The third-order valence-corrected chi connectivity index (χ3v) is 20.3. The number of aliphatic hydroxyl groups is 1. The van der Waals surface area contributed by atoms with E-state index in [1.54, 1.807) is 0 Å². The topological polar surface area (TPSA) is 237 Å². The lowest BCUT2D eigenvalue weighted by molar-refractivity contribution is -0.161. The Hall–Kier alpha value is -2.46. The van der Waals surface area contributed by atoms with Crippen molar-refractivity contribution in [3.05, 3.63) is 24.3 Å². The highest BCUT2D eigenvalue weighted by molar-refractivity contribution is 7.47. The van der Waals surface area contributed by atoms with Gasteiger partial charge in [0.05, 0.1) is 26.4 Å². The summed E-state index contributed by atoms with van der Waals surface area (Å²) in [5.41, 5.74) is 0. The molecular weight excluding hydrogens is 1290 g/mol. The van der Waals surface area contributed by atoms with Crippen LogP contribution >= 0.6 is 15.6 Å². The summed E-state index contributed by atoms with van der Waals surface area (Å²) < 4.78 is 68.7. The normalized spacial score (nSPS) is 14.4. The predicted octanol–water partition coefficient (Wildman–Crippen LogP) is 23.3. The number of hydrogen-bond donors (Lipinski definition) is 3. The van der Waals surface area contributed by atoms with Gasteiger partial charge in [-0.1, -0.05) is 336 Å². The second-order valence-corrected chi connectivity index (χ2v) is 32.2. The van der Waals surface area contributed by atoms with Crippen molar-refractivity contribution in [1.82, 2.24) is 0 Å². The minimum absolute atomic E-state index is 0.100. The second kappa shape index (κ2) is 69.9. The van der Waals surface area contributed by atoms with Crippen LogP contribution in [-0.4, -0.2) is 96.7 Å². The SMILES string of the molecule is CCCCCC/C=C\C=C/CCCCCCCC(=O)OC[C@H](COP(=O)(O)OC[C@@H](O)COP(=O)(O)OC[C@@H](COC(=O)CCCCCCCCCCC(C)CC)OC(=O)CCCCCCCCCCCCCCC(C)C)OC(=O)CCCCCCCCCCCCCCCCC(C)C. The van der Waals surface area contributed by atoms with E-state index in [9.17, 15) is 43.2 Å². The molecular formula is C80H152O17P2. The summed E-state index contributed by atoms with van der Waals surface area (Å²) in [4.78, 5) is 73.0. The number of esters is 4. The Balaban J connectivity index is 5.31. The fraction of sp³-hybridized carbons (Fsp3) is 0.900. The molecule has 0 spiro atoms. The zero-order valence-corrected chi connectivity index (χ0v) is 66.2. The number of carbonyl (C=O) groups excluding carboxylic acids is 4. The number of rotatable bonds is 76. The Morgan fingerprint density at radius 3 is 0.899 bits per heavy atom. The van der Waals surface area contributed by atoms with Gasteiger partial charge in [0.15, 0.2) is 12.2 Å². The van der Waals surface area contributed by atoms with Gasteiger partial charge in [-0.25, -0.2) is 9.13 Å². The maximum atomic E-state index is 13.1. The van der Waals surface area contributed by atoms with Crippen LogP contribution in [0.25, 0.3) is 0 Å². The number of allylic oxidation sites excluding steroid dienone is 4. The first kappa shape index (κ1) is 96.5. The second-order valence-electron chi connectivity index (χ2n) is 29.3. The Bertz CT molecular complexity index is 2020. The van der Waals surface area contributed by atoms with Crippen LogP contribution in [0.15, 0.2) is 24.3 Å². The molecule has 99 heavy (non-hydrogen) atoms. The monoisotopic (exact) mass is 1450 g/mol. The van der Waals surface area contributed by atoms with E-state index in [4.69, 9.17) is 37.0 Å². The molecule has 0 rings (SSSR count). The molecule has 19 heteroatoms. The fourth-order valence-electron chi connectivity index (χ4n) is 11.7. The number of phosphoric acid groups is 2. The van der Waals surface area contributed by atoms with Gasteiger partial charge in [0.25, 0.3) is 0 Å². The minimum atomic E-state index is -4.97. The van der Waals surface area contributed by atoms with Gasteiger partial charge in [0.2, 0.25) is 0 Å². The van der Waals surface area contributed by atoms with Crippen LogP contribution in [0.2, 0.25) is 0 Å². The molecule has 3 N–H and O–H groups in total. The molecule has 0 saturated carbocycles. The lowest BCUT2D eigenvalue weighted by Crippen LogP contribution is -2.30. The molecule has 0 aromatic heterocycles. The molecule has 0 aliphatic heterocycles. The van der Waals surface area contributed by atoms with E-state index in [2.05, 4.69) is 72.8 Å². The van der Waals surface area contributed by atoms with Gasteiger partial charge in [0.1, 0.15) is 19.3 Å². The highest BCUT2D eigenvalue weighted by atomic mass is 31.2. The average Bonchev–Trinajstić information content (AvgIpc) is 1.12. The maximum Gasteiger partial charge on any atom is 0.472 e. The smallest absolute Gasteiger partial charge is 0.462 e. The molecule has 0 aliphatic carbocycles. The molecule has 0 aromatic carbocycles. The zero-order chi connectivity index (χ0) is 73.0. The van der Waals surface area contributed by atoms with Gasteiger partial charge in [0, 0.05) is 25.7 Å². The first-order chi connectivity index (χ1) is 47.8. The molecule has 17 nitrogen and oxygen atoms in total. The van der Waals surface area contributed by atoms with Gasteiger partial charge in [-0.05, 0) is 69.1 Å². The summed E-state index contributed by atoms with van der Waals surface area (Å²) in [5.74, 6) is 0.202. The highest BCUT2D eigenvalue weighted by Gasteiger charge is 2.30.